The minimum absolute atomic E-state index is 0.281. The van der Waals surface area contributed by atoms with Crippen molar-refractivity contribution in [1.82, 2.24) is 0 Å². The van der Waals surface area contributed by atoms with Gasteiger partial charge < -0.3 is 34.4 Å². The molecule has 0 amide bonds. The summed E-state index contributed by atoms with van der Waals surface area (Å²) in [6, 6.07) is 4.07. The van der Waals surface area contributed by atoms with Gasteiger partial charge in [-0.1, -0.05) is 0 Å². The maximum absolute atomic E-state index is 14.5. The predicted molar refractivity (Wildman–Crippen MR) is 99.4 cm³/mol. The highest BCUT2D eigenvalue weighted by Crippen LogP contribution is 2.29. The number of hydrogen-bond donors (Lipinski definition) is 3. The van der Waals surface area contributed by atoms with Gasteiger partial charge in [-0.05, 0) is 12.1 Å². The maximum Gasteiger partial charge on any atom is 0.337 e. The van der Waals surface area contributed by atoms with E-state index in [4.69, 9.17) is 32.7 Å². The first-order valence-electron chi connectivity index (χ1n) is 8.44. The van der Waals surface area contributed by atoms with Gasteiger partial charge in [0.15, 0.2) is 17.7 Å². The molecule has 1 aliphatic rings. The predicted octanol–water partition coefficient (Wildman–Crippen LogP) is 0.469. The summed E-state index contributed by atoms with van der Waals surface area (Å²) in [5, 5.41) is 29.8. The second-order valence-electron chi connectivity index (χ2n) is 6.02. The topological polar surface area (TPSA) is 109 Å². The summed E-state index contributed by atoms with van der Waals surface area (Å²) in [7, 11) is 1.07. The molecule has 3 N–H and O–H groups in total. The van der Waals surface area contributed by atoms with Crippen LogP contribution in [-0.2, 0) is 14.3 Å². The van der Waals surface area contributed by atoms with Crippen LogP contribution in [0.1, 0.15) is 0 Å². The molecule has 158 valence electrons. The molecule has 2 rings (SSSR count). The molecule has 28 heavy (non-hydrogen) atoms. The smallest absolute Gasteiger partial charge is 0.337 e. The van der Waals surface area contributed by atoms with E-state index < -0.39 is 42.5 Å². The van der Waals surface area contributed by atoms with Gasteiger partial charge in [-0.2, -0.15) is 0 Å². The second kappa shape index (κ2) is 10.4. The Balaban J connectivity index is 2.18. The summed E-state index contributed by atoms with van der Waals surface area (Å²) >= 11 is 11.5. The molecule has 1 heterocycles. The van der Waals surface area contributed by atoms with Crippen molar-refractivity contribution < 1.29 is 38.7 Å². The first kappa shape index (κ1) is 22.9. The van der Waals surface area contributed by atoms with Gasteiger partial charge in [-0.3, -0.25) is 0 Å². The number of rotatable bonds is 8. The lowest BCUT2D eigenvalue weighted by Crippen LogP contribution is -2.61. The Bertz CT molecular complexity index is 662. The number of esters is 1. The van der Waals surface area contributed by atoms with Crippen LogP contribution in [0.2, 0.25) is 0 Å². The van der Waals surface area contributed by atoms with Crippen LogP contribution >= 0.6 is 23.2 Å². The number of anilines is 1. The number of methoxy groups -OCH3 is 1. The number of nitrogens with zero attached hydrogens (tertiary/aromatic N) is 1. The van der Waals surface area contributed by atoms with Crippen LogP contribution in [0.4, 0.5) is 10.1 Å². The Morgan fingerprint density at radius 3 is 2.36 bits per heavy atom. The Kier molecular flexibility index (Phi) is 8.54. The minimum atomic E-state index is -1.76. The van der Waals surface area contributed by atoms with Crippen LogP contribution in [0.15, 0.2) is 18.2 Å². The number of carbonyl (C=O) groups excluding carboxylic acids is 1. The molecular weight excluding hydrogens is 420 g/mol. The second-order valence-corrected chi connectivity index (χ2v) is 6.77. The fourth-order valence-corrected chi connectivity index (χ4v) is 3.15. The average molecular weight is 442 g/mol. The summed E-state index contributed by atoms with van der Waals surface area (Å²) in [4.78, 5) is 13.5. The number of hydrogen-bond acceptors (Lipinski definition) is 8. The van der Waals surface area contributed by atoms with Crippen molar-refractivity contribution in [3.05, 3.63) is 24.0 Å². The molecule has 0 bridgehead atoms. The molecule has 11 heteroatoms. The Hall–Kier alpha value is -1.36. The molecule has 5 atom stereocenters. The maximum atomic E-state index is 14.5. The molecule has 0 aromatic heterocycles. The number of carbonyl (C=O) groups is 1. The summed E-state index contributed by atoms with van der Waals surface area (Å²) < 4.78 is 29.5. The fraction of sp³-hybridized carbons (Fsp3) is 0.588. The highest BCUT2D eigenvalue weighted by molar-refractivity contribution is 6.18. The van der Waals surface area contributed by atoms with E-state index in [1.807, 2.05) is 0 Å². The third-order valence-corrected chi connectivity index (χ3v) is 4.57. The molecule has 1 aromatic rings. The molecule has 1 aromatic carbocycles. The molecule has 1 saturated heterocycles. The van der Waals surface area contributed by atoms with E-state index in [0.717, 1.165) is 7.11 Å². The lowest BCUT2D eigenvalue weighted by molar-refractivity contribution is -0.272. The zero-order valence-corrected chi connectivity index (χ0v) is 16.5. The van der Waals surface area contributed by atoms with Crippen molar-refractivity contribution in [2.24, 2.45) is 0 Å². The lowest BCUT2D eigenvalue weighted by atomic mass is 9.99. The van der Waals surface area contributed by atoms with Crippen molar-refractivity contribution in [3.63, 3.8) is 0 Å². The minimum Gasteiger partial charge on any atom is -0.467 e. The molecule has 0 aliphatic carbocycles. The summed E-state index contributed by atoms with van der Waals surface area (Å²) in [6.45, 7) is 0.923. The van der Waals surface area contributed by atoms with Crippen molar-refractivity contribution >= 4 is 34.9 Å². The van der Waals surface area contributed by atoms with Crippen LogP contribution in [0, 0.1) is 5.82 Å². The summed E-state index contributed by atoms with van der Waals surface area (Å²) in [5.74, 6) is -1.36. The van der Waals surface area contributed by atoms with E-state index in [0.29, 0.717) is 30.5 Å². The summed E-state index contributed by atoms with van der Waals surface area (Å²) in [5.41, 5.74) is 0.527. The normalized spacial score (nSPS) is 27.3. The largest absolute Gasteiger partial charge is 0.467 e. The molecule has 1 fully saturated rings. The van der Waals surface area contributed by atoms with Gasteiger partial charge in [0, 0.05) is 36.6 Å². The highest BCUT2D eigenvalue weighted by Gasteiger charge is 2.48. The van der Waals surface area contributed by atoms with Gasteiger partial charge >= 0.3 is 5.97 Å². The van der Waals surface area contributed by atoms with E-state index in [1.54, 1.807) is 11.0 Å². The van der Waals surface area contributed by atoms with Gasteiger partial charge in [0.2, 0.25) is 6.29 Å². The van der Waals surface area contributed by atoms with Crippen LogP contribution in [-0.4, -0.2) is 84.0 Å². The molecule has 0 saturated carbocycles. The van der Waals surface area contributed by atoms with E-state index in [-0.39, 0.29) is 5.75 Å². The van der Waals surface area contributed by atoms with Crippen LogP contribution in [0.3, 0.4) is 0 Å². The Labute approximate surface area is 171 Å². The van der Waals surface area contributed by atoms with Crippen LogP contribution in [0.5, 0.6) is 5.75 Å². The molecular formula is C17H22Cl2FNO7. The summed E-state index contributed by atoms with van der Waals surface area (Å²) in [6.07, 6.45) is -8.41. The molecule has 0 spiro atoms. The number of halogens is 3. The van der Waals surface area contributed by atoms with Gasteiger partial charge in [0.05, 0.1) is 7.11 Å². The van der Waals surface area contributed by atoms with Gasteiger partial charge in [0.25, 0.3) is 0 Å². The SMILES string of the molecule is COC(=O)[C@H]1O[C@@H](Oc2ccc(N(CCCl)CCCl)cc2F)[C@H](O)[C@@H](O)[C@@H]1O. The molecule has 0 unspecified atom stereocenters. The van der Waals surface area contributed by atoms with Gasteiger partial charge in [-0.25, -0.2) is 9.18 Å². The highest BCUT2D eigenvalue weighted by atomic mass is 35.5. The monoisotopic (exact) mass is 441 g/mol. The first-order chi connectivity index (χ1) is 13.3. The molecule has 8 nitrogen and oxygen atoms in total. The van der Waals surface area contributed by atoms with E-state index >= 15 is 0 Å². The van der Waals surface area contributed by atoms with Gasteiger partial charge in [-0.15, -0.1) is 23.2 Å². The van der Waals surface area contributed by atoms with Crippen LogP contribution in [0.25, 0.3) is 0 Å². The Morgan fingerprint density at radius 1 is 1.18 bits per heavy atom. The van der Waals surface area contributed by atoms with Crippen molar-refractivity contribution in [2.75, 3.05) is 36.9 Å². The first-order valence-corrected chi connectivity index (χ1v) is 9.51. The molecule has 1 aliphatic heterocycles. The van der Waals surface area contributed by atoms with Crippen molar-refractivity contribution in [1.29, 1.82) is 0 Å². The number of alkyl halides is 2. The van der Waals surface area contributed by atoms with Crippen LogP contribution < -0.4 is 9.64 Å². The van der Waals surface area contributed by atoms with E-state index in [1.165, 1.54) is 12.1 Å². The third kappa shape index (κ3) is 5.16. The number of aliphatic hydroxyl groups is 3. The number of benzene rings is 1. The Morgan fingerprint density at radius 2 is 1.82 bits per heavy atom. The lowest BCUT2D eigenvalue weighted by Gasteiger charge is -2.38. The zero-order valence-electron chi connectivity index (χ0n) is 15.0. The standard InChI is InChI=1S/C17H22Cl2FNO7/c1-26-16(25)15-13(23)12(22)14(24)17(28-15)27-11-3-2-9(8-10(11)20)21(6-4-18)7-5-19/h2-3,8,12-15,17,22-24H,4-7H2,1H3/t12-,13-,14+,15-,17+/m0/s1. The number of ether oxygens (including phenoxy) is 3. The van der Waals surface area contributed by atoms with E-state index in [9.17, 15) is 24.5 Å². The third-order valence-electron chi connectivity index (χ3n) is 4.24. The average Bonchev–Trinajstić information content (AvgIpc) is 2.68. The van der Waals surface area contributed by atoms with Crippen molar-refractivity contribution in [3.8, 4) is 5.75 Å². The zero-order chi connectivity index (χ0) is 20.8. The fourth-order valence-electron chi connectivity index (χ4n) is 2.74. The van der Waals surface area contributed by atoms with E-state index in [2.05, 4.69) is 4.74 Å². The van der Waals surface area contributed by atoms with Crippen molar-refractivity contribution in [2.45, 2.75) is 30.7 Å². The van der Waals surface area contributed by atoms with Gasteiger partial charge in [0.1, 0.15) is 18.3 Å². The quantitative estimate of drug-likeness (QED) is 0.394. The molecule has 0 radical (unpaired) electrons. The number of aliphatic hydroxyl groups excluding tert-OH is 3.